The molecule has 0 unspecified atom stereocenters. The Balaban J connectivity index is 2.70. The molecule has 6 heteroatoms. The first-order valence-electron chi connectivity index (χ1n) is 4.55. The monoisotopic (exact) mass is 254 g/mol. The number of nitrogens with zero attached hydrogens (tertiary/aromatic N) is 1. The Hall–Kier alpha value is -1.14. The molecule has 2 aromatic rings. The lowest BCUT2D eigenvalue weighted by Gasteiger charge is -1.96. The van der Waals surface area contributed by atoms with Gasteiger partial charge in [0.1, 0.15) is 0 Å². The molecule has 0 radical (unpaired) electrons. The van der Waals surface area contributed by atoms with Gasteiger partial charge >= 0.3 is 0 Å². The van der Waals surface area contributed by atoms with E-state index in [1.54, 1.807) is 35.7 Å². The minimum atomic E-state index is -0.366. The Bertz CT molecular complexity index is 551. The fourth-order valence-electron chi connectivity index (χ4n) is 1.59. The number of non-ortho nitro benzene ring substituents is 1. The lowest BCUT2D eigenvalue weighted by Crippen LogP contribution is -1.86. The Kier molecular flexibility index (Phi) is 3.11. The smallest absolute Gasteiger partial charge is 0.270 e. The minimum Gasteiger partial charge on any atom is -0.349 e. The molecule has 1 heterocycles. The van der Waals surface area contributed by atoms with Gasteiger partial charge in [-0.25, -0.2) is 0 Å². The summed E-state index contributed by atoms with van der Waals surface area (Å²) in [4.78, 5) is 14.7. The predicted molar refractivity (Wildman–Crippen MR) is 68.5 cm³/mol. The molecule has 1 N–H and O–H groups in total. The maximum atomic E-state index is 10.7. The van der Waals surface area contributed by atoms with Crippen LogP contribution >= 0.6 is 23.5 Å². The summed E-state index contributed by atoms with van der Waals surface area (Å²) in [5.41, 5.74) is 1.08. The number of fused-ring (bicyclic) bond motifs is 1. The average molecular weight is 254 g/mol. The van der Waals surface area contributed by atoms with Gasteiger partial charge in [-0.2, -0.15) is 0 Å². The van der Waals surface area contributed by atoms with E-state index in [9.17, 15) is 10.1 Å². The summed E-state index contributed by atoms with van der Waals surface area (Å²) >= 11 is 3.22. The molecule has 1 aromatic heterocycles. The number of benzene rings is 1. The third kappa shape index (κ3) is 1.78. The van der Waals surface area contributed by atoms with Crippen LogP contribution in [0.15, 0.2) is 28.1 Å². The number of nitro benzene ring substituents is 1. The van der Waals surface area contributed by atoms with Crippen LogP contribution in [-0.2, 0) is 0 Å². The van der Waals surface area contributed by atoms with Crippen molar-refractivity contribution in [2.45, 2.75) is 9.92 Å². The number of hydrogen-bond acceptors (Lipinski definition) is 4. The maximum absolute atomic E-state index is 10.7. The van der Waals surface area contributed by atoms with E-state index in [2.05, 4.69) is 4.98 Å². The van der Waals surface area contributed by atoms with Gasteiger partial charge in [-0.15, -0.1) is 23.5 Å². The topological polar surface area (TPSA) is 58.9 Å². The Morgan fingerprint density at radius 3 is 2.62 bits per heavy atom. The molecule has 0 aliphatic heterocycles. The standard InChI is InChI=1S/C10H10N2O2S2/c1-15-9-7-5-6(12(13)14)3-4-8(7)11-10(9)16-2/h3-5,11H,1-2H3. The molecule has 4 nitrogen and oxygen atoms in total. The Morgan fingerprint density at radius 1 is 1.31 bits per heavy atom. The summed E-state index contributed by atoms with van der Waals surface area (Å²) in [5.74, 6) is 0. The highest BCUT2D eigenvalue weighted by atomic mass is 32.2. The van der Waals surface area contributed by atoms with Crippen molar-refractivity contribution in [1.82, 2.24) is 4.98 Å². The summed E-state index contributed by atoms with van der Waals surface area (Å²) in [6.45, 7) is 0. The van der Waals surface area contributed by atoms with Gasteiger partial charge in [0.25, 0.3) is 5.69 Å². The van der Waals surface area contributed by atoms with E-state index < -0.39 is 0 Å². The highest BCUT2D eigenvalue weighted by Crippen LogP contribution is 2.36. The summed E-state index contributed by atoms with van der Waals surface area (Å²) < 4.78 is 0. The summed E-state index contributed by atoms with van der Waals surface area (Å²) in [5, 5.41) is 12.7. The Morgan fingerprint density at radius 2 is 2.06 bits per heavy atom. The van der Waals surface area contributed by atoms with Crippen LogP contribution in [0.5, 0.6) is 0 Å². The second kappa shape index (κ2) is 4.39. The van der Waals surface area contributed by atoms with E-state index in [1.807, 2.05) is 12.5 Å². The van der Waals surface area contributed by atoms with E-state index in [4.69, 9.17) is 0 Å². The number of rotatable bonds is 3. The Labute approximate surface area is 101 Å². The van der Waals surface area contributed by atoms with Crippen molar-refractivity contribution in [3.05, 3.63) is 28.3 Å². The van der Waals surface area contributed by atoms with Crippen LogP contribution in [0.4, 0.5) is 5.69 Å². The molecule has 0 atom stereocenters. The van der Waals surface area contributed by atoms with Crippen molar-refractivity contribution in [2.75, 3.05) is 12.5 Å². The van der Waals surface area contributed by atoms with Gasteiger partial charge < -0.3 is 4.98 Å². The van der Waals surface area contributed by atoms with Crippen LogP contribution < -0.4 is 0 Å². The molecule has 0 amide bonds. The van der Waals surface area contributed by atoms with Gasteiger partial charge in [0.05, 0.1) is 9.95 Å². The van der Waals surface area contributed by atoms with Crippen LogP contribution in [0, 0.1) is 10.1 Å². The van der Waals surface area contributed by atoms with Crippen molar-refractivity contribution in [3.8, 4) is 0 Å². The first kappa shape index (κ1) is 11.3. The summed E-state index contributed by atoms with van der Waals surface area (Å²) in [6, 6.07) is 4.90. The zero-order valence-electron chi connectivity index (χ0n) is 8.81. The van der Waals surface area contributed by atoms with E-state index in [1.165, 1.54) is 6.07 Å². The quantitative estimate of drug-likeness (QED) is 0.517. The highest BCUT2D eigenvalue weighted by molar-refractivity contribution is 8.01. The van der Waals surface area contributed by atoms with Crippen LogP contribution in [0.25, 0.3) is 10.9 Å². The van der Waals surface area contributed by atoms with E-state index in [-0.39, 0.29) is 10.6 Å². The number of nitro groups is 1. The second-order valence-electron chi connectivity index (χ2n) is 3.18. The predicted octanol–water partition coefficient (Wildman–Crippen LogP) is 3.52. The second-order valence-corrected chi connectivity index (χ2v) is 4.81. The van der Waals surface area contributed by atoms with Crippen molar-refractivity contribution in [3.63, 3.8) is 0 Å². The zero-order chi connectivity index (χ0) is 11.7. The maximum Gasteiger partial charge on any atom is 0.270 e. The molecule has 0 fully saturated rings. The number of thioether (sulfide) groups is 2. The molecule has 0 aliphatic rings. The highest BCUT2D eigenvalue weighted by Gasteiger charge is 2.13. The van der Waals surface area contributed by atoms with E-state index in [0.29, 0.717) is 0 Å². The normalized spacial score (nSPS) is 10.9. The molecule has 0 saturated carbocycles. The third-order valence-corrected chi connectivity index (χ3v) is 4.00. The molecule has 16 heavy (non-hydrogen) atoms. The van der Waals surface area contributed by atoms with Gasteiger partial charge in [-0.1, -0.05) is 0 Å². The molecule has 0 saturated heterocycles. The van der Waals surface area contributed by atoms with E-state index in [0.717, 1.165) is 20.8 Å². The van der Waals surface area contributed by atoms with Crippen LogP contribution in [0.1, 0.15) is 0 Å². The molecule has 1 aromatic carbocycles. The first-order chi connectivity index (χ1) is 7.67. The third-order valence-electron chi connectivity index (χ3n) is 2.32. The molecule has 2 rings (SSSR count). The fraction of sp³-hybridized carbons (Fsp3) is 0.200. The number of H-pyrrole nitrogens is 1. The molecule has 0 bridgehead atoms. The molecule has 0 spiro atoms. The first-order valence-corrected chi connectivity index (χ1v) is 7.00. The number of aromatic nitrogens is 1. The van der Waals surface area contributed by atoms with Gasteiger partial charge in [0.2, 0.25) is 0 Å². The van der Waals surface area contributed by atoms with E-state index >= 15 is 0 Å². The minimum absolute atomic E-state index is 0.134. The number of nitrogens with one attached hydrogen (secondary N) is 1. The van der Waals surface area contributed by atoms with Crippen LogP contribution in [-0.4, -0.2) is 22.4 Å². The SMILES string of the molecule is CSc1[nH]c2ccc([N+](=O)[O-])cc2c1SC. The average Bonchev–Trinajstić information content (AvgIpc) is 2.65. The molecule has 0 aliphatic carbocycles. The van der Waals surface area contributed by atoms with Gasteiger partial charge in [0, 0.05) is 27.9 Å². The van der Waals surface area contributed by atoms with Crippen LogP contribution in [0.3, 0.4) is 0 Å². The lowest BCUT2D eigenvalue weighted by atomic mass is 10.2. The van der Waals surface area contributed by atoms with Gasteiger partial charge in [-0.05, 0) is 18.6 Å². The fourth-order valence-corrected chi connectivity index (χ4v) is 3.22. The van der Waals surface area contributed by atoms with Gasteiger partial charge in [-0.3, -0.25) is 10.1 Å². The van der Waals surface area contributed by atoms with Crippen molar-refractivity contribution < 1.29 is 4.92 Å². The molecular weight excluding hydrogens is 244 g/mol. The molecule has 84 valence electrons. The number of hydrogen-bond donors (Lipinski definition) is 1. The van der Waals surface area contributed by atoms with Crippen molar-refractivity contribution in [1.29, 1.82) is 0 Å². The largest absolute Gasteiger partial charge is 0.349 e. The summed E-state index contributed by atoms with van der Waals surface area (Å²) in [7, 11) is 0. The number of aromatic amines is 1. The molecular formula is C10H10N2O2S2. The summed E-state index contributed by atoms with van der Waals surface area (Å²) in [6.07, 6.45) is 3.96. The zero-order valence-corrected chi connectivity index (χ0v) is 10.4. The van der Waals surface area contributed by atoms with Crippen LogP contribution in [0.2, 0.25) is 0 Å². The lowest BCUT2D eigenvalue weighted by molar-refractivity contribution is -0.384. The van der Waals surface area contributed by atoms with Crippen molar-refractivity contribution >= 4 is 40.1 Å². The van der Waals surface area contributed by atoms with Crippen molar-refractivity contribution in [2.24, 2.45) is 0 Å². The van der Waals surface area contributed by atoms with Gasteiger partial charge in [0.15, 0.2) is 0 Å².